The Labute approximate surface area is 225 Å². The van der Waals surface area contributed by atoms with E-state index in [2.05, 4.69) is 10.0 Å². The number of rotatable bonds is 6. The van der Waals surface area contributed by atoms with Crippen LogP contribution >= 0.6 is 0 Å². The predicted molar refractivity (Wildman–Crippen MR) is 128 cm³/mol. The second kappa shape index (κ2) is 10.4. The third-order valence-electron chi connectivity index (χ3n) is 4.98. The first kappa shape index (κ1) is 26.7. The average Bonchev–Trinajstić information content (AvgIpc) is 2.81. The molecule has 12 heteroatoms. The summed E-state index contributed by atoms with van der Waals surface area (Å²) in [4.78, 5) is 11.5. The van der Waals surface area contributed by atoms with Crippen LogP contribution in [0.3, 0.4) is 0 Å². The summed E-state index contributed by atoms with van der Waals surface area (Å²) in [5.74, 6) is -0.679. The molecule has 0 aliphatic rings. The number of phenolic OH excluding ortho intramolecular Hbond substituents is 1. The molecule has 0 heterocycles. The molecule has 0 aliphatic heterocycles. The van der Waals surface area contributed by atoms with Crippen LogP contribution in [0, 0.1) is 0 Å². The van der Waals surface area contributed by atoms with Gasteiger partial charge in [-0.1, -0.05) is 36.4 Å². The molecule has 4 aromatic carbocycles. The fourth-order valence-corrected chi connectivity index (χ4v) is 5.05. The average molecular weight is 523 g/mol. The summed E-state index contributed by atoms with van der Waals surface area (Å²) in [5.41, 5.74) is 0.656. The molecule has 176 valence electrons. The number of nitrogens with one attached hydrogen (secondary N) is 2. The summed E-state index contributed by atoms with van der Waals surface area (Å²) in [7, 11) is -8.84. The van der Waals surface area contributed by atoms with Crippen LogP contribution in [0.1, 0.15) is 11.8 Å². The van der Waals surface area contributed by atoms with Crippen molar-refractivity contribution >= 4 is 48.2 Å². The largest absolute Gasteiger partial charge is 1.00 e. The van der Waals surface area contributed by atoms with E-state index >= 15 is 0 Å². The van der Waals surface area contributed by atoms with Gasteiger partial charge in [0.25, 0.3) is 26.0 Å². The molecule has 35 heavy (non-hydrogen) atoms. The van der Waals surface area contributed by atoms with Crippen molar-refractivity contribution < 1.29 is 62.3 Å². The second-order valence-corrected chi connectivity index (χ2v) is 10.3. The van der Waals surface area contributed by atoms with Crippen molar-refractivity contribution in [2.24, 2.45) is 0 Å². The molecule has 0 saturated heterocycles. The first-order valence-electron chi connectivity index (χ1n) is 9.78. The molecule has 1 amide bonds. The number of sulfonamides is 1. The van der Waals surface area contributed by atoms with E-state index in [0.717, 1.165) is 12.1 Å². The van der Waals surface area contributed by atoms with E-state index in [1.165, 1.54) is 36.4 Å². The molecule has 0 radical (unpaired) electrons. The maximum absolute atomic E-state index is 12.9. The minimum absolute atomic E-state index is 0. The molecule has 4 rings (SSSR count). The van der Waals surface area contributed by atoms with Gasteiger partial charge in [-0.3, -0.25) is 14.1 Å². The Kier molecular flexibility index (Phi) is 7.90. The Morgan fingerprint density at radius 2 is 1.40 bits per heavy atom. The summed E-state index contributed by atoms with van der Waals surface area (Å²) >= 11 is 0. The predicted octanol–water partition coefficient (Wildman–Crippen LogP) is 0.962. The Hall–Kier alpha value is -2.93. The zero-order valence-electron chi connectivity index (χ0n) is 19.3. The van der Waals surface area contributed by atoms with Crippen molar-refractivity contribution in [3.63, 3.8) is 0 Å². The summed E-state index contributed by atoms with van der Waals surface area (Å²) < 4.78 is 60.0. The van der Waals surface area contributed by atoms with E-state index in [4.69, 9.17) is 0 Å². The molecule has 0 unspecified atom stereocenters. The normalized spacial score (nSPS) is 11.5. The summed E-state index contributed by atoms with van der Waals surface area (Å²) in [6.07, 6.45) is 0. The molecule has 0 fully saturated rings. The maximum Gasteiger partial charge on any atom is 1.00 e. The van der Waals surface area contributed by atoms with Crippen LogP contribution in [0.25, 0.3) is 10.8 Å². The van der Waals surface area contributed by atoms with Crippen molar-refractivity contribution in [3.05, 3.63) is 90.5 Å². The number of aromatic hydroxyl groups is 1. The van der Waals surface area contributed by atoms with Crippen molar-refractivity contribution in [3.8, 4) is 5.75 Å². The van der Waals surface area contributed by atoms with Gasteiger partial charge in [-0.2, -0.15) is 8.42 Å². The number of anilines is 2. The van der Waals surface area contributed by atoms with Crippen LogP contribution < -0.4 is 39.6 Å². The van der Waals surface area contributed by atoms with Gasteiger partial charge in [0.15, 0.2) is 0 Å². The van der Waals surface area contributed by atoms with Gasteiger partial charge >= 0.3 is 29.6 Å². The summed E-state index contributed by atoms with van der Waals surface area (Å²) in [5, 5.41) is 14.0. The minimum atomic E-state index is -4.59. The topological polar surface area (TPSA) is 150 Å². The molecule has 0 spiro atoms. The number of carbonyl (C=O) groups excluding carboxylic acids is 1. The Bertz CT molecular complexity index is 1630. The van der Waals surface area contributed by atoms with Crippen molar-refractivity contribution in [1.29, 1.82) is 0 Å². The Balaban J connectivity index is 0.00000228. The number of fused-ring (bicyclic) bond motifs is 1. The summed E-state index contributed by atoms with van der Waals surface area (Å²) in [6.45, 7) is 0. The first-order chi connectivity index (χ1) is 16.1. The third kappa shape index (κ3) is 5.84. The molecule has 4 aromatic rings. The van der Waals surface area contributed by atoms with E-state index in [1.807, 2.05) is 0 Å². The monoisotopic (exact) mass is 522 g/mol. The van der Waals surface area contributed by atoms with E-state index < -0.39 is 30.9 Å². The Morgan fingerprint density at radius 1 is 0.743 bits per heavy atom. The van der Waals surface area contributed by atoms with Crippen molar-refractivity contribution in [2.45, 2.75) is 9.79 Å². The number of hydrogen-bond donors (Lipinski definition) is 4. The quantitative estimate of drug-likeness (QED) is 0.167. The van der Waals surface area contributed by atoms with Gasteiger partial charge in [-0.25, -0.2) is 8.42 Å². The number of benzene rings is 4. The van der Waals surface area contributed by atoms with E-state index in [9.17, 15) is 31.3 Å². The smallest absolute Gasteiger partial charge is 1.00 e. The number of hydrogen-bond acceptors (Lipinski definition) is 6. The van der Waals surface area contributed by atoms with Crippen molar-refractivity contribution in [1.82, 2.24) is 0 Å². The minimum Gasteiger partial charge on any atom is -1.00 e. The van der Waals surface area contributed by atoms with E-state index in [-0.39, 0.29) is 58.4 Å². The molecule has 0 aliphatic carbocycles. The number of phenols is 1. The first-order valence-corrected chi connectivity index (χ1v) is 12.7. The van der Waals surface area contributed by atoms with Crippen LogP contribution in [-0.4, -0.2) is 32.4 Å². The van der Waals surface area contributed by atoms with E-state index in [0.29, 0.717) is 10.9 Å². The fourth-order valence-electron chi connectivity index (χ4n) is 3.32. The molecule has 0 atom stereocenters. The van der Waals surface area contributed by atoms with Crippen LogP contribution in [0.15, 0.2) is 94.7 Å². The molecule has 0 aromatic heterocycles. The molecular formula is C23H19N2NaO7S2. The third-order valence-corrected chi connectivity index (χ3v) is 7.19. The van der Waals surface area contributed by atoms with Gasteiger partial charge in [-0.05, 0) is 48.5 Å². The molecule has 0 saturated carbocycles. The maximum atomic E-state index is 12.9. The number of carbonyl (C=O) groups is 1. The van der Waals surface area contributed by atoms with Crippen LogP contribution in [0.5, 0.6) is 5.75 Å². The van der Waals surface area contributed by atoms with Gasteiger partial charge in [0.2, 0.25) is 0 Å². The zero-order chi connectivity index (χ0) is 24.5. The van der Waals surface area contributed by atoms with Crippen LogP contribution in [0.4, 0.5) is 11.4 Å². The Morgan fingerprint density at radius 3 is 2.09 bits per heavy atom. The zero-order valence-corrected chi connectivity index (χ0v) is 22.0. The fraction of sp³-hybridized carbons (Fsp3) is 0. The van der Waals surface area contributed by atoms with Gasteiger partial charge in [0.1, 0.15) is 5.75 Å². The molecule has 0 bridgehead atoms. The standard InChI is InChI=1S/C23H18N2O7S2.Na.H/c26-22-19-10-5-11-20(25-33(28,29)16-8-4-9-17(14-16)34(30,31)32)18(19)12-13-21(22)24-23(27)15-6-2-1-3-7-15;;/h1-14,25-26H,(H,24,27)(H,30,31,32);;/q;+1;-1. The van der Waals surface area contributed by atoms with Crippen molar-refractivity contribution in [2.75, 3.05) is 10.0 Å². The van der Waals surface area contributed by atoms with Gasteiger partial charge < -0.3 is 11.8 Å². The van der Waals surface area contributed by atoms with Gasteiger partial charge in [0.05, 0.1) is 21.2 Å². The molecular weight excluding hydrogens is 503 g/mol. The van der Waals surface area contributed by atoms with Gasteiger partial charge in [0, 0.05) is 16.3 Å². The number of amides is 1. The second-order valence-electron chi connectivity index (χ2n) is 7.24. The SMILES string of the molecule is O=C(Nc1ccc2c(NS(=O)(=O)c3cccc(S(=O)(=O)O)c3)cccc2c1O)c1ccccc1.[H-].[Na+]. The van der Waals surface area contributed by atoms with Crippen LogP contribution in [0.2, 0.25) is 0 Å². The van der Waals surface area contributed by atoms with Crippen LogP contribution in [-0.2, 0) is 20.1 Å². The molecule has 9 nitrogen and oxygen atoms in total. The summed E-state index contributed by atoms with van der Waals surface area (Å²) in [6, 6.07) is 20.2. The molecule has 4 N–H and O–H groups in total. The van der Waals surface area contributed by atoms with E-state index in [1.54, 1.807) is 36.4 Å². The van der Waals surface area contributed by atoms with Gasteiger partial charge in [-0.15, -0.1) is 0 Å².